The number of allylic oxidation sites excluding steroid dienone is 1. The number of carbonyl (C=O) groups excluding carboxylic acids is 2. The van der Waals surface area contributed by atoms with E-state index in [2.05, 4.69) is 37.5 Å². The van der Waals surface area contributed by atoms with Crippen molar-refractivity contribution >= 4 is 12.0 Å². The summed E-state index contributed by atoms with van der Waals surface area (Å²) >= 11 is 0. The third kappa shape index (κ3) is 8.68. The van der Waals surface area contributed by atoms with Gasteiger partial charge in [-0.25, -0.2) is 4.79 Å². The van der Waals surface area contributed by atoms with Gasteiger partial charge in [-0.2, -0.15) is 0 Å². The fourth-order valence-electron chi connectivity index (χ4n) is 6.10. The second-order valence-electron chi connectivity index (χ2n) is 11.8. The Morgan fingerprint density at radius 2 is 1.61 bits per heavy atom. The van der Waals surface area contributed by atoms with Crippen LogP contribution in [0.2, 0.25) is 0 Å². The maximum absolute atomic E-state index is 12.6. The first kappa shape index (κ1) is 30.9. The zero-order valence-corrected chi connectivity index (χ0v) is 24.4. The van der Waals surface area contributed by atoms with Crippen LogP contribution in [0, 0.1) is 5.92 Å². The Balaban J connectivity index is 1.30. The van der Waals surface area contributed by atoms with Crippen LogP contribution in [-0.2, 0) is 23.7 Å². The van der Waals surface area contributed by atoms with Crippen molar-refractivity contribution in [3.05, 3.63) is 11.6 Å². The van der Waals surface area contributed by atoms with Crippen molar-refractivity contribution in [2.75, 3.05) is 26.8 Å². The van der Waals surface area contributed by atoms with Gasteiger partial charge in [-0.05, 0) is 52.9 Å². The van der Waals surface area contributed by atoms with Crippen LogP contribution in [0.15, 0.2) is 11.6 Å². The van der Waals surface area contributed by atoms with Gasteiger partial charge in [-0.1, -0.05) is 57.1 Å². The smallest absolute Gasteiger partial charge is 0.407 e. The van der Waals surface area contributed by atoms with E-state index >= 15 is 0 Å². The Labute approximate surface area is 229 Å². The molecule has 1 saturated carbocycles. The van der Waals surface area contributed by atoms with Gasteiger partial charge in [0.2, 0.25) is 5.91 Å². The fraction of sp³-hybridized carbons (Fsp3) is 0.867. The first-order valence-electron chi connectivity index (χ1n) is 14.9. The Morgan fingerprint density at radius 1 is 1.00 bits per heavy atom. The molecule has 218 valence electrons. The van der Waals surface area contributed by atoms with Gasteiger partial charge in [0.05, 0.1) is 18.6 Å². The first-order chi connectivity index (χ1) is 18.3. The molecule has 4 unspecified atom stereocenters. The molecule has 6 atom stereocenters. The number of methoxy groups -OCH3 is 1. The lowest BCUT2D eigenvalue weighted by molar-refractivity contribution is -0.120. The highest BCUT2D eigenvalue weighted by atomic mass is 16.6. The van der Waals surface area contributed by atoms with E-state index in [1.165, 1.54) is 31.3 Å². The van der Waals surface area contributed by atoms with Gasteiger partial charge in [0, 0.05) is 26.6 Å². The zero-order chi connectivity index (χ0) is 27.6. The molecule has 2 aliphatic heterocycles. The molecular formula is C30H52N2O6. The summed E-state index contributed by atoms with van der Waals surface area (Å²) in [7, 11) is 1.70. The molecular weight excluding hydrogens is 484 g/mol. The van der Waals surface area contributed by atoms with Crippen LogP contribution < -0.4 is 10.6 Å². The van der Waals surface area contributed by atoms with Crippen molar-refractivity contribution in [3.8, 4) is 0 Å². The second kappa shape index (κ2) is 14.7. The molecule has 0 aromatic carbocycles. The van der Waals surface area contributed by atoms with Gasteiger partial charge in [0.15, 0.2) is 0 Å². The number of hydrogen-bond acceptors (Lipinski definition) is 6. The SMILES string of the molecule is CCC(=O)NCCCCCCCCCCNC(=O)OC1CC[C@]2(CO2)C(C2(C)O[C@@H]2CC=C(C)C)C1OC. The molecule has 2 amide bonds. The van der Waals surface area contributed by atoms with E-state index in [4.69, 9.17) is 18.9 Å². The van der Waals surface area contributed by atoms with Crippen LogP contribution in [0.4, 0.5) is 4.79 Å². The van der Waals surface area contributed by atoms with Gasteiger partial charge in [0.1, 0.15) is 23.4 Å². The fourth-order valence-corrected chi connectivity index (χ4v) is 6.10. The molecule has 0 radical (unpaired) electrons. The summed E-state index contributed by atoms with van der Waals surface area (Å²) < 4.78 is 24.1. The third-order valence-corrected chi connectivity index (χ3v) is 8.51. The Kier molecular flexibility index (Phi) is 11.9. The highest BCUT2D eigenvalue weighted by Crippen LogP contribution is 2.59. The molecule has 2 heterocycles. The van der Waals surface area contributed by atoms with E-state index in [1.807, 2.05) is 6.92 Å². The lowest BCUT2D eigenvalue weighted by Crippen LogP contribution is -2.56. The molecule has 0 aromatic rings. The summed E-state index contributed by atoms with van der Waals surface area (Å²) in [5.41, 5.74) is 0.749. The lowest BCUT2D eigenvalue weighted by Gasteiger charge is -2.42. The highest BCUT2D eigenvalue weighted by molar-refractivity contribution is 5.75. The molecule has 8 nitrogen and oxygen atoms in total. The van der Waals surface area contributed by atoms with Gasteiger partial charge >= 0.3 is 6.09 Å². The van der Waals surface area contributed by atoms with Gasteiger partial charge in [-0.3, -0.25) is 4.79 Å². The summed E-state index contributed by atoms with van der Waals surface area (Å²) in [6.45, 7) is 10.4. The number of carbonyl (C=O) groups is 2. The second-order valence-corrected chi connectivity index (χ2v) is 11.8. The van der Waals surface area contributed by atoms with Crippen molar-refractivity contribution in [3.63, 3.8) is 0 Å². The average Bonchev–Trinajstić information content (AvgIpc) is 3.81. The highest BCUT2D eigenvalue weighted by Gasteiger charge is 2.72. The van der Waals surface area contributed by atoms with Gasteiger partial charge in [-0.15, -0.1) is 0 Å². The largest absolute Gasteiger partial charge is 0.443 e. The normalized spacial score (nSPS) is 31.5. The standard InChI is InChI=1S/C30H52N2O6/c1-6-25(33)31-19-13-11-9-7-8-10-12-14-20-32-28(34)37-23-17-18-30(21-36-30)27(26(23)35-5)29(4)24(38-29)16-15-22(2)3/h15,23-24,26-27H,6-14,16-21H2,1-5H3,(H,31,33)(H,32,34)/t23?,24-,26?,27?,29?,30+/m1/s1. The molecule has 1 aliphatic carbocycles. The summed E-state index contributed by atoms with van der Waals surface area (Å²) in [6, 6.07) is 0. The van der Waals surface area contributed by atoms with Crippen LogP contribution >= 0.6 is 0 Å². The molecule has 0 bridgehead atoms. The van der Waals surface area contributed by atoms with Crippen molar-refractivity contribution < 1.29 is 28.5 Å². The molecule has 2 saturated heterocycles. The van der Waals surface area contributed by atoms with E-state index < -0.39 is 0 Å². The Bertz CT molecular complexity index is 794. The maximum Gasteiger partial charge on any atom is 0.407 e. The van der Waals surface area contributed by atoms with Crippen LogP contribution in [-0.4, -0.2) is 68.3 Å². The quantitative estimate of drug-likeness (QED) is 0.146. The average molecular weight is 537 g/mol. The van der Waals surface area contributed by atoms with E-state index in [-0.39, 0.29) is 47.4 Å². The van der Waals surface area contributed by atoms with E-state index in [0.29, 0.717) is 13.0 Å². The Hall–Kier alpha value is -1.64. The minimum atomic E-state index is -0.360. The number of hydrogen-bond donors (Lipinski definition) is 2. The van der Waals surface area contributed by atoms with E-state index in [1.54, 1.807) is 7.11 Å². The van der Waals surface area contributed by atoms with Crippen molar-refractivity contribution in [1.82, 2.24) is 10.6 Å². The molecule has 38 heavy (non-hydrogen) atoms. The van der Waals surface area contributed by atoms with Crippen LogP contribution in [0.5, 0.6) is 0 Å². The number of rotatable bonds is 17. The molecule has 2 N–H and O–H groups in total. The van der Waals surface area contributed by atoms with E-state index in [9.17, 15) is 9.59 Å². The minimum Gasteiger partial charge on any atom is -0.443 e. The number of epoxide rings is 2. The summed E-state index contributed by atoms with van der Waals surface area (Å²) in [4.78, 5) is 23.8. The monoisotopic (exact) mass is 536 g/mol. The predicted molar refractivity (Wildman–Crippen MR) is 148 cm³/mol. The van der Waals surface area contributed by atoms with Gasteiger partial charge < -0.3 is 29.6 Å². The van der Waals surface area contributed by atoms with Crippen LogP contribution in [0.1, 0.15) is 105 Å². The number of ether oxygens (including phenoxy) is 4. The van der Waals surface area contributed by atoms with E-state index in [0.717, 1.165) is 58.1 Å². The topological polar surface area (TPSA) is 102 Å². The summed E-state index contributed by atoms with van der Waals surface area (Å²) in [6.07, 6.45) is 13.6. The summed E-state index contributed by atoms with van der Waals surface area (Å²) in [5, 5.41) is 5.86. The Morgan fingerprint density at radius 3 is 2.16 bits per heavy atom. The molecule has 3 rings (SSSR count). The van der Waals surface area contributed by atoms with Crippen molar-refractivity contribution in [1.29, 1.82) is 0 Å². The molecule has 8 heteroatoms. The molecule has 1 spiro atoms. The lowest BCUT2D eigenvalue weighted by atomic mass is 9.68. The molecule has 3 aliphatic rings. The minimum absolute atomic E-state index is 0.0391. The summed E-state index contributed by atoms with van der Waals surface area (Å²) in [5.74, 6) is 0.175. The maximum atomic E-state index is 12.6. The number of alkyl carbamates (subject to hydrolysis) is 1. The number of nitrogens with one attached hydrogen (secondary N) is 2. The molecule has 0 aromatic heterocycles. The van der Waals surface area contributed by atoms with Crippen molar-refractivity contribution in [2.45, 2.75) is 134 Å². The predicted octanol–water partition coefficient (Wildman–Crippen LogP) is 5.44. The first-order valence-corrected chi connectivity index (χ1v) is 14.9. The molecule has 3 fully saturated rings. The van der Waals surface area contributed by atoms with Crippen LogP contribution in [0.25, 0.3) is 0 Å². The number of unbranched alkanes of at least 4 members (excludes halogenated alkanes) is 7. The van der Waals surface area contributed by atoms with Crippen molar-refractivity contribution in [2.24, 2.45) is 5.92 Å². The number of amides is 2. The van der Waals surface area contributed by atoms with Crippen LogP contribution in [0.3, 0.4) is 0 Å². The zero-order valence-electron chi connectivity index (χ0n) is 24.4. The van der Waals surface area contributed by atoms with Gasteiger partial charge in [0.25, 0.3) is 0 Å². The third-order valence-electron chi connectivity index (χ3n) is 8.51.